The minimum atomic E-state index is -0.0752. The molecule has 0 aliphatic carbocycles. The van der Waals surface area contributed by atoms with Gasteiger partial charge in [-0.05, 0) is 41.3 Å². The van der Waals surface area contributed by atoms with Gasteiger partial charge in [-0.15, -0.1) is 0 Å². The number of ether oxygens (including phenoxy) is 1. The van der Waals surface area contributed by atoms with Crippen molar-refractivity contribution < 1.29 is 13.9 Å². The molecule has 168 valence electrons. The van der Waals surface area contributed by atoms with Crippen LogP contribution in [0.3, 0.4) is 0 Å². The summed E-state index contributed by atoms with van der Waals surface area (Å²) in [6, 6.07) is 25.5. The molecule has 1 fully saturated rings. The highest BCUT2D eigenvalue weighted by atomic mass is 35.5. The zero-order valence-electron chi connectivity index (χ0n) is 18.2. The lowest BCUT2D eigenvalue weighted by atomic mass is 10.1. The molecule has 0 unspecified atom stereocenters. The van der Waals surface area contributed by atoms with Crippen LogP contribution in [0.25, 0.3) is 10.8 Å². The van der Waals surface area contributed by atoms with Crippen LogP contribution in [0.5, 0.6) is 5.75 Å². The van der Waals surface area contributed by atoms with Crippen molar-refractivity contribution in [1.82, 2.24) is 9.80 Å². The maximum absolute atomic E-state index is 12.9. The molecule has 1 amide bonds. The fraction of sp³-hybridized carbons (Fsp3) is 0.222. The number of rotatable bonds is 6. The summed E-state index contributed by atoms with van der Waals surface area (Å²) in [6.07, 6.45) is 0. The second-order valence-electron chi connectivity index (χ2n) is 8.23. The Morgan fingerprint density at radius 1 is 0.909 bits per heavy atom. The average Bonchev–Trinajstić information content (AvgIpc) is 3.32. The van der Waals surface area contributed by atoms with Crippen molar-refractivity contribution in [2.45, 2.75) is 13.2 Å². The van der Waals surface area contributed by atoms with Crippen LogP contribution in [0.15, 0.2) is 83.3 Å². The Kier molecular flexibility index (Phi) is 6.33. The van der Waals surface area contributed by atoms with Gasteiger partial charge in [0.1, 0.15) is 18.1 Å². The molecule has 4 aromatic rings. The molecule has 33 heavy (non-hydrogen) atoms. The van der Waals surface area contributed by atoms with Gasteiger partial charge in [0.2, 0.25) is 0 Å². The van der Waals surface area contributed by atoms with E-state index in [1.54, 1.807) is 6.07 Å². The van der Waals surface area contributed by atoms with Crippen LogP contribution in [0.1, 0.15) is 21.9 Å². The minimum Gasteiger partial charge on any atom is -0.485 e. The Balaban J connectivity index is 1.16. The molecule has 0 radical (unpaired) electrons. The Labute approximate surface area is 198 Å². The van der Waals surface area contributed by atoms with Gasteiger partial charge in [-0.3, -0.25) is 9.69 Å². The van der Waals surface area contributed by atoms with Crippen LogP contribution in [0.2, 0.25) is 5.02 Å². The van der Waals surface area contributed by atoms with E-state index in [2.05, 4.69) is 23.1 Å². The van der Waals surface area contributed by atoms with Gasteiger partial charge in [-0.1, -0.05) is 60.1 Å². The Morgan fingerprint density at radius 2 is 1.70 bits per heavy atom. The smallest absolute Gasteiger partial charge is 0.289 e. The molecule has 0 spiro atoms. The molecule has 2 heterocycles. The third-order valence-electron chi connectivity index (χ3n) is 5.95. The zero-order chi connectivity index (χ0) is 22.6. The number of benzene rings is 3. The number of amides is 1. The van der Waals surface area contributed by atoms with E-state index in [1.807, 2.05) is 59.5 Å². The first-order chi connectivity index (χ1) is 16.2. The van der Waals surface area contributed by atoms with E-state index < -0.39 is 0 Å². The predicted octanol–water partition coefficient (Wildman–Crippen LogP) is 5.62. The minimum absolute atomic E-state index is 0.0752. The fourth-order valence-electron chi connectivity index (χ4n) is 4.20. The summed E-state index contributed by atoms with van der Waals surface area (Å²) in [5, 5.41) is 2.93. The molecule has 1 aromatic heterocycles. The Morgan fingerprint density at radius 3 is 2.55 bits per heavy atom. The Hall–Kier alpha value is -3.28. The topological polar surface area (TPSA) is 45.9 Å². The third kappa shape index (κ3) is 5.05. The number of fused-ring (bicyclic) bond motifs is 1. The monoisotopic (exact) mass is 460 g/mol. The van der Waals surface area contributed by atoms with E-state index in [0.717, 1.165) is 41.2 Å². The highest BCUT2D eigenvalue weighted by Crippen LogP contribution is 2.26. The molecule has 1 aliphatic rings. The molecular weight excluding hydrogens is 436 g/mol. The van der Waals surface area contributed by atoms with Crippen molar-refractivity contribution in [2.24, 2.45) is 0 Å². The highest BCUT2D eigenvalue weighted by molar-refractivity contribution is 6.30. The molecule has 0 atom stereocenters. The number of hydrogen-bond donors (Lipinski definition) is 0. The second kappa shape index (κ2) is 9.69. The molecule has 5 nitrogen and oxygen atoms in total. The van der Waals surface area contributed by atoms with E-state index in [0.29, 0.717) is 24.6 Å². The summed E-state index contributed by atoms with van der Waals surface area (Å²) in [6.45, 7) is 4.07. The number of nitrogens with zero attached hydrogens (tertiary/aromatic N) is 2. The average molecular weight is 461 g/mol. The summed E-state index contributed by atoms with van der Waals surface area (Å²) in [5.41, 5.74) is 1.18. The van der Waals surface area contributed by atoms with Crippen molar-refractivity contribution in [1.29, 1.82) is 0 Å². The SMILES string of the molecule is O=C(c1ccc(COc2cccc3ccccc23)o1)N1CCN(Cc2cccc(Cl)c2)CC1. The number of furan rings is 1. The molecule has 1 aliphatic heterocycles. The van der Waals surface area contributed by atoms with Gasteiger partial charge in [0.15, 0.2) is 5.76 Å². The first kappa shape index (κ1) is 21.6. The molecular formula is C27H25ClN2O3. The maximum Gasteiger partial charge on any atom is 0.289 e. The van der Waals surface area contributed by atoms with Gasteiger partial charge in [0, 0.05) is 43.1 Å². The number of carbonyl (C=O) groups excluding carboxylic acids is 1. The molecule has 1 saturated heterocycles. The maximum atomic E-state index is 12.9. The van der Waals surface area contributed by atoms with Crippen LogP contribution in [-0.4, -0.2) is 41.9 Å². The van der Waals surface area contributed by atoms with Crippen molar-refractivity contribution in [3.05, 3.63) is 101 Å². The van der Waals surface area contributed by atoms with Gasteiger partial charge in [-0.25, -0.2) is 0 Å². The van der Waals surface area contributed by atoms with Crippen molar-refractivity contribution in [3.63, 3.8) is 0 Å². The van der Waals surface area contributed by atoms with Crippen LogP contribution < -0.4 is 4.74 Å². The van der Waals surface area contributed by atoms with E-state index >= 15 is 0 Å². The van der Waals surface area contributed by atoms with Gasteiger partial charge in [0.05, 0.1) is 0 Å². The molecule has 5 rings (SSSR count). The fourth-order valence-corrected chi connectivity index (χ4v) is 4.41. The summed E-state index contributed by atoms with van der Waals surface area (Å²) in [4.78, 5) is 17.1. The van der Waals surface area contributed by atoms with Crippen LogP contribution in [-0.2, 0) is 13.2 Å². The van der Waals surface area contributed by atoms with Gasteiger partial charge >= 0.3 is 0 Å². The first-order valence-electron chi connectivity index (χ1n) is 11.1. The first-order valence-corrected chi connectivity index (χ1v) is 11.5. The molecule has 3 aromatic carbocycles. The second-order valence-corrected chi connectivity index (χ2v) is 8.67. The van der Waals surface area contributed by atoms with Crippen molar-refractivity contribution in [2.75, 3.05) is 26.2 Å². The van der Waals surface area contributed by atoms with Crippen molar-refractivity contribution in [3.8, 4) is 5.75 Å². The third-order valence-corrected chi connectivity index (χ3v) is 6.18. The quantitative estimate of drug-likeness (QED) is 0.374. The zero-order valence-corrected chi connectivity index (χ0v) is 19.0. The summed E-state index contributed by atoms with van der Waals surface area (Å²) in [5.74, 6) is 1.71. The summed E-state index contributed by atoms with van der Waals surface area (Å²) >= 11 is 6.09. The lowest BCUT2D eigenvalue weighted by Crippen LogP contribution is -2.48. The lowest BCUT2D eigenvalue weighted by molar-refractivity contribution is 0.0594. The number of carbonyl (C=O) groups is 1. The molecule has 0 bridgehead atoms. The molecule has 0 N–H and O–H groups in total. The van der Waals surface area contributed by atoms with Gasteiger partial charge in [0.25, 0.3) is 5.91 Å². The number of piperazine rings is 1. The van der Waals surface area contributed by atoms with E-state index in [4.69, 9.17) is 20.8 Å². The molecule has 6 heteroatoms. The van der Waals surface area contributed by atoms with Gasteiger partial charge in [-0.2, -0.15) is 0 Å². The number of hydrogen-bond acceptors (Lipinski definition) is 4. The van der Waals surface area contributed by atoms with Gasteiger partial charge < -0.3 is 14.1 Å². The predicted molar refractivity (Wildman–Crippen MR) is 130 cm³/mol. The highest BCUT2D eigenvalue weighted by Gasteiger charge is 2.24. The van der Waals surface area contributed by atoms with Crippen LogP contribution >= 0.6 is 11.6 Å². The lowest BCUT2D eigenvalue weighted by Gasteiger charge is -2.34. The van der Waals surface area contributed by atoms with Crippen LogP contribution in [0.4, 0.5) is 0 Å². The van der Waals surface area contributed by atoms with E-state index in [1.165, 1.54) is 5.56 Å². The van der Waals surface area contributed by atoms with E-state index in [-0.39, 0.29) is 12.5 Å². The van der Waals surface area contributed by atoms with E-state index in [9.17, 15) is 4.79 Å². The largest absolute Gasteiger partial charge is 0.485 e. The summed E-state index contributed by atoms with van der Waals surface area (Å²) in [7, 11) is 0. The molecule has 0 saturated carbocycles. The van der Waals surface area contributed by atoms with Crippen LogP contribution in [0, 0.1) is 0 Å². The summed E-state index contributed by atoms with van der Waals surface area (Å²) < 4.78 is 11.8. The standard InChI is InChI=1S/C27H25ClN2O3/c28-22-8-3-5-20(17-22)18-29-13-15-30(16-14-29)27(31)26-12-11-23(33-26)19-32-25-10-4-7-21-6-1-2-9-24(21)25/h1-12,17H,13-16,18-19H2. The number of halogens is 1. The Bertz CT molecular complexity index is 1260. The normalized spacial score (nSPS) is 14.5. The van der Waals surface area contributed by atoms with Crippen molar-refractivity contribution >= 4 is 28.3 Å².